The minimum atomic E-state index is 0.656. The fraction of sp³-hybridized carbons (Fsp3) is 0.733. The fourth-order valence-electron chi connectivity index (χ4n) is 2.92. The number of likely N-dealkylation sites (tertiary alicyclic amines) is 1. The van der Waals surface area contributed by atoms with Crippen LogP contribution >= 0.6 is 27.3 Å². The van der Waals surface area contributed by atoms with Crippen molar-refractivity contribution < 1.29 is 0 Å². The average molecular weight is 345 g/mol. The first-order chi connectivity index (χ1) is 9.11. The molecule has 1 aliphatic heterocycles. The third-order valence-corrected chi connectivity index (χ3v) is 5.95. The first-order valence-corrected chi connectivity index (χ1v) is 8.94. The molecular weight excluding hydrogens is 320 g/mol. The van der Waals surface area contributed by atoms with Crippen molar-refractivity contribution in [1.29, 1.82) is 0 Å². The summed E-state index contributed by atoms with van der Waals surface area (Å²) in [6, 6.07) is 5.75. The molecule has 0 radical (unpaired) electrons. The lowest BCUT2D eigenvalue weighted by Gasteiger charge is -2.43. The fourth-order valence-corrected chi connectivity index (χ4v) is 4.43. The van der Waals surface area contributed by atoms with Gasteiger partial charge in [-0.2, -0.15) is 0 Å². The summed E-state index contributed by atoms with van der Waals surface area (Å²) in [6.45, 7) is 10.5. The van der Waals surface area contributed by atoms with Gasteiger partial charge in [-0.15, -0.1) is 11.3 Å². The lowest BCUT2D eigenvalue weighted by Crippen LogP contribution is -2.53. The predicted molar refractivity (Wildman–Crippen MR) is 87.8 cm³/mol. The Morgan fingerprint density at radius 1 is 1.42 bits per heavy atom. The summed E-state index contributed by atoms with van der Waals surface area (Å²) in [7, 11) is 0. The smallest absolute Gasteiger partial charge is 0.0701 e. The minimum Gasteiger partial charge on any atom is -0.314 e. The number of hydrogen-bond donors (Lipinski definition) is 1. The molecule has 0 amide bonds. The van der Waals surface area contributed by atoms with Crippen molar-refractivity contribution in [3.05, 3.63) is 20.8 Å². The summed E-state index contributed by atoms with van der Waals surface area (Å²) in [6.07, 6.45) is 2.50. The monoisotopic (exact) mass is 344 g/mol. The molecule has 2 rings (SSSR count). The second kappa shape index (κ2) is 7.21. The predicted octanol–water partition coefficient (Wildman–Crippen LogP) is 4.11. The van der Waals surface area contributed by atoms with Gasteiger partial charge in [0.1, 0.15) is 0 Å². The Balaban J connectivity index is 1.91. The van der Waals surface area contributed by atoms with Crippen LogP contribution in [0, 0.1) is 5.92 Å². The van der Waals surface area contributed by atoms with E-state index in [1.807, 2.05) is 11.3 Å². The van der Waals surface area contributed by atoms with E-state index in [0.717, 1.165) is 19.0 Å². The van der Waals surface area contributed by atoms with Crippen LogP contribution in [0.25, 0.3) is 0 Å². The summed E-state index contributed by atoms with van der Waals surface area (Å²) in [5.74, 6) is 0.726. The molecule has 1 N–H and O–H groups in total. The van der Waals surface area contributed by atoms with Crippen LogP contribution in [0.15, 0.2) is 15.9 Å². The molecule has 3 unspecified atom stereocenters. The van der Waals surface area contributed by atoms with Gasteiger partial charge in [0.2, 0.25) is 0 Å². The second-order valence-electron chi connectivity index (χ2n) is 5.63. The molecule has 3 atom stereocenters. The van der Waals surface area contributed by atoms with Crippen molar-refractivity contribution >= 4 is 27.3 Å². The van der Waals surface area contributed by atoms with E-state index >= 15 is 0 Å². The van der Waals surface area contributed by atoms with Gasteiger partial charge in [-0.25, -0.2) is 0 Å². The molecule has 1 aromatic heterocycles. The van der Waals surface area contributed by atoms with Crippen LogP contribution in [0.5, 0.6) is 0 Å². The minimum absolute atomic E-state index is 0.656. The van der Waals surface area contributed by atoms with Gasteiger partial charge in [-0.3, -0.25) is 4.90 Å². The van der Waals surface area contributed by atoms with Crippen molar-refractivity contribution in [3.8, 4) is 0 Å². The summed E-state index contributed by atoms with van der Waals surface area (Å²) in [5.41, 5.74) is 0. The van der Waals surface area contributed by atoms with Gasteiger partial charge in [-0.1, -0.05) is 13.8 Å². The SMILES string of the molecule is CCCNC1CCN(Cc2ccc(Br)s2)C(C)C1C. The van der Waals surface area contributed by atoms with E-state index in [9.17, 15) is 0 Å². The second-order valence-corrected chi connectivity index (χ2v) is 8.17. The Kier molecular flexibility index (Phi) is 5.87. The lowest BCUT2D eigenvalue weighted by atomic mass is 9.87. The Hall–Kier alpha value is 0.1000. The first-order valence-electron chi connectivity index (χ1n) is 7.33. The van der Waals surface area contributed by atoms with Crippen LogP contribution in [-0.2, 0) is 6.54 Å². The van der Waals surface area contributed by atoms with E-state index in [2.05, 4.69) is 59.1 Å². The van der Waals surface area contributed by atoms with Crippen LogP contribution in [0.2, 0.25) is 0 Å². The van der Waals surface area contributed by atoms with Crippen LogP contribution < -0.4 is 5.32 Å². The number of halogens is 1. The molecule has 19 heavy (non-hydrogen) atoms. The van der Waals surface area contributed by atoms with E-state index in [1.54, 1.807) is 0 Å². The Morgan fingerprint density at radius 2 is 2.21 bits per heavy atom. The zero-order chi connectivity index (χ0) is 13.8. The van der Waals surface area contributed by atoms with E-state index in [-0.39, 0.29) is 0 Å². The quantitative estimate of drug-likeness (QED) is 0.864. The number of piperidine rings is 1. The Morgan fingerprint density at radius 3 is 2.84 bits per heavy atom. The van der Waals surface area contributed by atoms with Crippen LogP contribution in [0.3, 0.4) is 0 Å². The molecular formula is C15H25BrN2S. The molecule has 108 valence electrons. The molecule has 1 fully saturated rings. The highest BCUT2D eigenvalue weighted by Gasteiger charge is 2.31. The molecule has 0 aliphatic carbocycles. The molecule has 0 bridgehead atoms. The van der Waals surface area contributed by atoms with E-state index in [1.165, 1.54) is 28.0 Å². The summed E-state index contributed by atoms with van der Waals surface area (Å²) >= 11 is 5.41. The van der Waals surface area contributed by atoms with Crippen LogP contribution in [0.4, 0.5) is 0 Å². The largest absolute Gasteiger partial charge is 0.314 e. The van der Waals surface area contributed by atoms with Crippen molar-refractivity contribution in [2.75, 3.05) is 13.1 Å². The van der Waals surface area contributed by atoms with E-state index in [4.69, 9.17) is 0 Å². The summed E-state index contributed by atoms with van der Waals surface area (Å²) < 4.78 is 1.24. The maximum atomic E-state index is 3.71. The highest BCUT2D eigenvalue weighted by Crippen LogP contribution is 2.28. The molecule has 0 aromatic carbocycles. The van der Waals surface area contributed by atoms with Gasteiger partial charge in [0.15, 0.2) is 0 Å². The molecule has 0 spiro atoms. The van der Waals surface area contributed by atoms with Gasteiger partial charge in [0.05, 0.1) is 3.79 Å². The topological polar surface area (TPSA) is 15.3 Å². The number of nitrogens with zero attached hydrogens (tertiary/aromatic N) is 1. The van der Waals surface area contributed by atoms with Gasteiger partial charge in [0.25, 0.3) is 0 Å². The standard InChI is InChI=1S/C15H25BrN2S/c1-4-8-17-14-7-9-18(12(3)11(14)2)10-13-5-6-15(16)19-13/h5-6,11-12,14,17H,4,7-10H2,1-3H3. The molecule has 2 heterocycles. The highest BCUT2D eigenvalue weighted by molar-refractivity contribution is 9.11. The van der Waals surface area contributed by atoms with E-state index < -0.39 is 0 Å². The molecule has 4 heteroatoms. The van der Waals surface area contributed by atoms with Gasteiger partial charge in [-0.05, 0) is 60.3 Å². The lowest BCUT2D eigenvalue weighted by molar-refractivity contribution is 0.0794. The molecule has 0 saturated carbocycles. The van der Waals surface area contributed by atoms with E-state index in [0.29, 0.717) is 12.1 Å². The molecule has 1 saturated heterocycles. The zero-order valence-corrected chi connectivity index (χ0v) is 14.6. The third-order valence-electron chi connectivity index (χ3n) is 4.34. The van der Waals surface area contributed by atoms with Crippen molar-refractivity contribution in [3.63, 3.8) is 0 Å². The maximum absolute atomic E-state index is 3.71. The van der Waals surface area contributed by atoms with Crippen LogP contribution in [-0.4, -0.2) is 30.1 Å². The van der Waals surface area contributed by atoms with Crippen molar-refractivity contribution in [2.45, 2.75) is 52.2 Å². The van der Waals surface area contributed by atoms with Gasteiger partial charge in [0, 0.05) is 30.1 Å². The number of rotatable bonds is 5. The molecule has 2 nitrogen and oxygen atoms in total. The summed E-state index contributed by atoms with van der Waals surface area (Å²) in [4.78, 5) is 4.10. The Labute approximate surface area is 129 Å². The number of nitrogens with one attached hydrogen (secondary N) is 1. The van der Waals surface area contributed by atoms with Gasteiger partial charge >= 0.3 is 0 Å². The highest BCUT2D eigenvalue weighted by atomic mass is 79.9. The number of hydrogen-bond acceptors (Lipinski definition) is 3. The molecule has 1 aliphatic rings. The first kappa shape index (κ1) is 15.5. The van der Waals surface area contributed by atoms with Gasteiger partial charge < -0.3 is 5.32 Å². The normalized spacial score (nSPS) is 28.7. The van der Waals surface area contributed by atoms with Crippen molar-refractivity contribution in [1.82, 2.24) is 10.2 Å². The maximum Gasteiger partial charge on any atom is 0.0701 e. The van der Waals surface area contributed by atoms with Crippen LogP contribution in [0.1, 0.15) is 38.5 Å². The number of thiophene rings is 1. The van der Waals surface area contributed by atoms with Crippen molar-refractivity contribution in [2.24, 2.45) is 5.92 Å². The Bertz CT molecular complexity index is 393. The molecule has 1 aromatic rings. The third kappa shape index (κ3) is 4.03. The average Bonchev–Trinajstić information content (AvgIpc) is 2.80. The summed E-state index contributed by atoms with van der Waals surface area (Å²) in [5, 5.41) is 3.71. The zero-order valence-electron chi connectivity index (χ0n) is 12.2.